The fourth-order valence-corrected chi connectivity index (χ4v) is 3.44. The van der Waals surface area contributed by atoms with E-state index in [2.05, 4.69) is 39.8 Å². The number of rotatable bonds is 4. The maximum atomic E-state index is 12.6. The minimum absolute atomic E-state index is 0.0371. The lowest BCUT2D eigenvalue weighted by atomic mass is 10.2. The van der Waals surface area contributed by atoms with Crippen LogP contribution in [0.3, 0.4) is 0 Å². The summed E-state index contributed by atoms with van der Waals surface area (Å²) in [5.41, 5.74) is 2.65. The van der Waals surface area contributed by atoms with Gasteiger partial charge in [-0.05, 0) is 40.2 Å². The number of carbonyl (C=O) groups is 1. The second-order valence-corrected chi connectivity index (χ2v) is 6.96. The second kappa shape index (κ2) is 7.39. The van der Waals surface area contributed by atoms with Gasteiger partial charge in [-0.3, -0.25) is 14.4 Å². The quantitative estimate of drug-likeness (QED) is 0.848. The summed E-state index contributed by atoms with van der Waals surface area (Å²) in [4.78, 5) is 16.9. The molecule has 25 heavy (non-hydrogen) atoms. The van der Waals surface area contributed by atoms with Crippen LogP contribution in [0.1, 0.15) is 41.0 Å². The molecule has 3 heterocycles. The average Bonchev–Trinajstić information content (AvgIpc) is 3.03. The predicted octanol–water partition coefficient (Wildman–Crippen LogP) is 2.03. The first-order valence-electron chi connectivity index (χ1n) is 8.91. The van der Waals surface area contributed by atoms with Crippen LogP contribution < -0.4 is 0 Å². The van der Waals surface area contributed by atoms with Crippen LogP contribution in [0.25, 0.3) is 0 Å². The van der Waals surface area contributed by atoms with E-state index in [1.165, 1.54) is 5.69 Å². The molecule has 7 nitrogen and oxygen atoms in total. The van der Waals surface area contributed by atoms with Gasteiger partial charge in [0.1, 0.15) is 5.76 Å². The Morgan fingerprint density at radius 3 is 2.64 bits per heavy atom. The van der Waals surface area contributed by atoms with Crippen LogP contribution in [0.15, 0.2) is 16.7 Å². The van der Waals surface area contributed by atoms with Gasteiger partial charge in [0.2, 0.25) is 0 Å². The fourth-order valence-electron chi connectivity index (χ4n) is 3.44. The maximum Gasteiger partial charge on any atom is 0.276 e. The standard InChI is InChI=1S/C18H27N5O2/c1-13-10-14(2)23(19-13)12-15(3)21-6-5-7-22(9-8-21)18(24)17-11-16(4)25-20-17/h10-11,15H,5-9,12H2,1-4H3. The van der Waals surface area contributed by atoms with Crippen LogP contribution in [0.5, 0.6) is 0 Å². The van der Waals surface area contributed by atoms with Crippen molar-refractivity contribution < 1.29 is 9.32 Å². The van der Waals surface area contributed by atoms with E-state index in [1.807, 2.05) is 11.8 Å². The number of aromatic nitrogens is 3. The van der Waals surface area contributed by atoms with Gasteiger partial charge in [-0.25, -0.2) is 0 Å². The SMILES string of the molecule is Cc1cc(C)n(CC(C)N2CCCN(C(=O)c3cc(C)on3)CC2)n1. The molecule has 3 rings (SSSR count). The zero-order valence-electron chi connectivity index (χ0n) is 15.5. The number of aryl methyl sites for hydroxylation is 3. The van der Waals surface area contributed by atoms with E-state index in [9.17, 15) is 4.79 Å². The molecular formula is C18H27N5O2. The molecule has 7 heteroatoms. The van der Waals surface area contributed by atoms with Gasteiger partial charge in [-0.2, -0.15) is 5.10 Å². The van der Waals surface area contributed by atoms with Gasteiger partial charge in [-0.15, -0.1) is 0 Å². The number of nitrogens with zero attached hydrogens (tertiary/aromatic N) is 5. The Bertz CT molecular complexity index is 736. The van der Waals surface area contributed by atoms with Gasteiger partial charge >= 0.3 is 0 Å². The van der Waals surface area contributed by atoms with Crippen molar-refractivity contribution in [1.82, 2.24) is 24.7 Å². The average molecular weight is 345 g/mol. The molecule has 2 aromatic rings. The van der Waals surface area contributed by atoms with Crippen molar-refractivity contribution >= 4 is 5.91 Å². The second-order valence-electron chi connectivity index (χ2n) is 6.96. The minimum atomic E-state index is -0.0371. The summed E-state index contributed by atoms with van der Waals surface area (Å²) in [6, 6.07) is 4.19. The smallest absolute Gasteiger partial charge is 0.276 e. The van der Waals surface area contributed by atoms with E-state index in [4.69, 9.17) is 4.52 Å². The fraction of sp³-hybridized carbons (Fsp3) is 0.611. The molecule has 1 unspecified atom stereocenters. The van der Waals surface area contributed by atoms with Crippen LogP contribution >= 0.6 is 0 Å². The van der Waals surface area contributed by atoms with Crippen molar-refractivity contribution in [2.75, 3.05) is 26.2 Å². The molecule has 1 aliphatic rings. The predicted molar refractivity (Wildman–Crippen MR) is 94.5 cm³/mol. The first-order valence-corrected chi connectivity index (χ1v) is 8.91. The maximum absolute atomic E-state index is 12.6. The third-order valence-corrected chi connectivity index (χ3v) is 4.83. The summed E-state index contributed by atoms with van der Waals surface area (Å²) in [6.45, 7) is 12.3. The monoisotopic (exact) mass is 345 g/mol. The van der Waals surface area contributed by atoms with Crippen LogP contribution in [0.2, 0.25) is 0 Å². The Morgan fingerprint density at radius 2 is 2.00 bits per heavy atom. The van der Waals surface area contributed by atoms with Gasteiger partial charge < -0.3 is 9.42 Å². The highest BCUT2D eigenvalue weighted by Gasteiger charge is 2.24. The molecule has 0 aromatic carbocycles. The highest BCUT2D eigenvalue weighted by molar-refractivity contribution is 5.92. The van der Waals surface area contributed by atoms with E-state index < -0.39 is 0 Å². The van der Waals surface area contributed by atoms with E-state index in [0.717, 1.165) is 38.3 Å². The number of hydrogen-bond donors (Lipinski definition) is 0. The summed E-state index contributed by atoms with van der Waals surface area (Å²) in [5, 5.41) is 8.41. The van der Waals surface area contributed by atoms with Gasteiger partial charge in [-0.1, -0.05) is 5.16 Å². The van der Waals surface area contributed by atoms with Crippen LogP contribution in [0, 0.1) is 20.8 Å². The van der Waals surface area contributed by atoms with Gasteiger partial charge in [0.05, 0.1) is 12.2 Å². The first-order chi connectivity index (χ1) is 11.9. The Labute approximate surface area is 148 Å². The zero-order chi connectivity index (χ0) is 18.0. The highest BCUT2D eigenvalue weighted by Crippen LogP contribution is 2.13. The molecule has 0 radical (unpaired) electrons. The lowest BCUT2D eigenvalue weighted by Crippen LogP contribution is -2.40. The summed E-state index contributed by atoms with van der Waals surface area (Å²) in [7, 11) is 0. The van der Waals surface area contributed by atoms with Crippen molar-refractivity contribution in [2.24, 2.45) is 0 Å². The van der Waals surface area contributed by atoms with E-state index in [-0.39, 0.29) is 5.91 Å². The molecule has 1 amide bonds. The van der Waals surface area contributed by atoms with Gasteiger partial charge in [0, 0.05) is 44.0 Å². The third-order valence-electron chi connectivity index (χ3n) is 4.83. The minimum Gasteiger partial charge on any atom is -0.361 e. The first kappa shape index (κ1) is 17.7. The summed E-state index contributed by atoms with van der Waals surface area (Å²) < 4.78 is 7.10. The van der Waals surface area contributed by atoms with Crippen molar-refractivity contribution in [3.05, 3.63) is 35.0 Å². The normalized spacial score (nSPS) is 17.5. The summed E-state index contributed by atoms with van der Waals surface area (Å²) in [6.07, 6.45) is 0.962. The van der Waals surface area contributed by atoms with Crippen LogP contribution in [-0.4, -0.2) is 62.9 Å². The van der Waals surface area contributed by atoms with Crippen LogP contribution in [-0.2, 0) is 6.54 Å². The van der Waals surface area contributed by atoms with Gasteiger partial charge in [0.25, 0.3) is 5.91 Å². The number of hydrogen-bond acceptors (Lipinski definition) is 5. The summed E-state index contributed by atoms with van der Waals surface area (Å²) in [5.74, 6) is 0.628. The van der Waals surface area contributed by atoms with Crippen LogP contribution in [0.4, 0.5) is 0 Å². The molecule has 136 valence electrons. The molecule has 0 aliphatic carbocycles. The van der Waals surface area contributed by atoms with Gasteiger partial charge in [0.15, 0.2) is 5.69 Å². The van der Waals surface area contributed by atoms with E-state index >= 15 is 0 Å². The molecule has 1 aliphatic heterocycles. The lowest BCUT2D eigenvalue weighted by molar-refractivity contribution is 0.0747. The molecule has 1 atom stereocenters. The molecule has 1 saturated heterocycles. The molecule has 0 spiro atoms. The number of carbonyl (C=O) groups excluding carboxylic acids is 1. The Balaban J connectivity index is 1.59. The molecule has 0 N–H and O–H groups in total. The van der Waals surface area contributed by atoms with Crippen molar-refractivity contribution in [1.29, 1.82) is 0 Å². The van der Waals surface area contributed by atoms with Crippen molar-refractivity contribution in [2.45, 2.75) is 46.7 Å². The molecule has 2 aromatic heterocycles. The van der Waals surface area contributed by atoms with E-state index in [0.29, 0.717) is 24.0 Å². The highest BCUT2D eigenvalue weighted by atomic mass is 16.5. The Hall–Kier alpha value is -2.15. The third kappa shape index (κ3) is 4.10. The molecule has 1 fully saturated rings. The lowest BCUT2D eigenvalue weighted by Gasteiger charge is -2.28. The molecule has 0 saturated carbocycles. The largest absolute Gasteiger partial charge is 0.361 e. The Morgan fingerprint density at radius 1 is 1.20 bits per heavy atom. The van der Waals surface area contributed by atoms with Crippen molar-refractivity contribution in [3.63, 3.8) is 0 Å². The van der Waals surface area contributed by atoms with E-state index in [1.54, 1.807) is 13.0 Å². The number of amides is 1. The Kier molecular flexibility index (Phi) is 5.22. The topological polar surface area (TPSA) is 67.4 Å². The molecular weight excluding hydrogens is 318 g/mol. The van der Waals surface area contributed by atoms with Crippen molar-refractivity contribution in [3.8, 4) is 0 Å². The summed E-state index contributed by atoms with van der Waals surface area (Å²) >= 11 is 0. The molecule has 0 bridgehead atoms. The zero-order valence-corrected chi connectivity index (χ0v) is 15.5.